The molecule has 0 aliphatic rings. The van der Waals surface area contributed by atoms with Crippen molar-refractivity contribution in [2.24, 2.45) is 5.73 Å². The van der Waals surface area contributed by atoms with E-state index in [0.717, 1.165) is 0 Å². The molecule has 0 rings (SSSR count). The zero-order chi connectivity index (χ0) is 16.0. The second-order valence-corrected chi connectivity index (χ2v) is 4.72. The van der Waals surface area contributed by atoms with Crippen LogP contribution in [0.2, 0.25) is 0 Å². The third kappa shape index (κ3) is 11.6. The van der Waals surface area contributed by atoms with E-state index in [2.05, 4.69) is 0 Å². The van der Waals surface area contributed by atoms with Gasteiger partial charge in [-0.2, -0.15) is 0 Å². The van der Waals surface area contributed by atoms with E-state index >= 15 is 0 Å². The Morgan fingerprint density at radius 1 is 0.952 bits per heavy atom. The monoisotopic (exact) mass is 307 g/mol. The highest BCUT2D eigenvalue weighted by atomic mass is 16.6. The van der Waals surface area contributed by atoms with Crippen LogP contribution in [0.1, 0.15) is 20.3 Å². The fraction of sp³-hybridized carbons (Fsp3) is 0.929. The van der Waals surface area contributed by atoms with Gasteiger partial charge in [-0.25, -0.2) is 0 Å². The lowest BCUT2D eigenvalue weighted by Crippen LogP contribution is -2.47. The number of carbonyl (C=O) groups is 1. The van der Waals surface area contributed by atoms with Crippen LogP contribution in [0.4, 0.5) is 0 Å². The Kier molecular flexibility index (Phi) is 12.5. The third-order valence-electron chi connectivity index (χ3n) is 2.68. The van der Waals surface area contributed by atoms with Crippen molar-refractivity contribution >= 4 is 5.97 Å². The molecule has 0 bridgehead atoms. The summed E-state index contributed by atoms with van der Waals surface area (Å²) in [5.41, 5.74) is 4.85. The average molecular weight is 307 g/mol. The predicted octanol–water partition coefficient (Wildman–Crippen LogP) is 0.353. The molecule has 0 aromatic heterocycles. The first kappa shape index (κ1) is 20.3. The molecular weight excluding hydrogens is 278 g/mol. The topological polar surface area (TPSA) is 89.2 Å². The molecule has 0 saturated heterocycles. The zero-order valence-corrected chi connectivity index (χ0v) is 13.4. The van der Waals surface area contributed by atoms with Gasteiger partial charge in [-0.3, -0.25) is 4.79 Å². The highest BCUT2D eigenvalue weighted by Crippen LogP contribution is 2.08. The summed E-state index contributed by atoms with van der Waals surface area (Å²) in [5, 5.41) is 0. The molecule has 21 heavy (non-hydrogen) atoms. The largest absolute Gasteiger partial charge is 0.465 e. The van der Waals surface area contributed by atoms with Crippen LogP contribution in [0.5, 0.6) is 0 Å². The van der Waals surface area contributed by atoms with Gasteiger partial charge in [0.15, 0.2) is 0 Å². The minimum Gasteiger partial charge on any atom is -0.465 e. The minimum atomic E-state index is -1.01. The Balaban J connectivity index is 3.37. The van der Waals surface area contributed by atoms with Crippen molar-refractivity contribution in [3.63, 3.8) is 0 Å². The quantitative estimate of drug-likeness (QED) is 0.366. The van der Waals surface area contributed by atoms with Crippen LogP contribution in [0.3, 0.4) is 0 Å². The summed E-state index contributed by atoms with van der Waals surface area (Å²) in [6.45, 7) is 7.25. The fourth-order valence-corrected chi connectivity index (χ4v) is 1.37. The van der Waals surface area contributed by atoms with E-state index in [4.69, 9.17) is 29.4 Å². The highest BCUT2D eigenvalue weighted by molar-refractivity contribution is 5.79. The summed E-state index contributed by atoms with van der Waals surface area (Å²) >= 11 is 0. The smallest absolute Gasteiger partial charge is 0.325 e. The maximum absolute atomic E-state index is 11.5. The Morgan fingerprint density at radius 2 is 1.43 bits per heavy atom. The molecule has 0 radical (unpaired) electrons. The van der Waals surface area contributed by atoms with Crippen LogP contribution in [0, 0.1) is 0 Å². The van der Waals surface area contributed by atoms with Gasteiger partial charge in [0.1, 0.15) is 5.54 Å². The van der Waals surface area contributed by atoms with Crippen LogP contribution in [-0.2, 0) is 28.5 Å². The molecule has 0 heterocycles. The lowest BCUT2D eigenvalue weighted by Gasteiger charge is -2.21. The summed E-state index contributed by atoms with van der Waals surface area (Å²) in [4.78, 5) is 11.5. The molecular formula is C14H29NO6. The van der Waals surface area contributed by atoms with Gasteiger partial charge in [0.25, 0.3) is 0 Å². The number of nitrogens with two attached hydrogens (primary N) is 1. The van der Waals surface area contributed by atoms with Gasteiger partial charge in [0, 0.05) is 13.7 Å². The molecule has 0 spiro atoms. The molecule has 1 unspecified atom stereocenters. The Bertz CT molecular complexity index is 260. The normalized spacial score (nSPS) is 13.9. The number of hydrogen-bond acceptors (Lipinski definition) is 7. The Hall–Kier alpha value is -0.730. The first-order valence-corrected chi connectivity index (χ1v) is 7.23. The second-order valence-electron chi connectivity index (χ2n) is 4.72. The van der Waals surface area contributed by atoms with Gasteiger partial charge >= 0.3 is 5.97 Å². The van der Waals surface area contributed by atoms with Crippen molar-refractivity contribution in [3.8, 4) is 0 Å². The van der Waals surface area contributed by atoms with Gasteiger partial charge in [-0.15, -0.1) is 0 Å². The standard InChI is InChI=1S/C14H29NO6/c1-4-21-13(16)14(2,15)5-6-18-9-10-20-12-11-19-8-7-17-3/h4-12,15H2,1-3H3. The number of methoxy groups -OCH3 is 1. The summed E-state index contributed by atoms with van der Waals surface area (Å²) in [7, 11) is 1.63. The molecule has 0 saturated carbocycles. The Labute approximate surface area is 127 Å². The average Bonchev–Trinajstić information content (AvgIpc) is 2.45. The van der Waals surface area contributed by atoms with Crippen LogP contribution in [0.15, 0.2) is 0 Å². The van der Waals surface area contributed by atoms with E-state index in [9.17, 15) is 4.79 Å². The maximum atomic E-state index is 11.5. The number of ether oxygens (including phenoxy) is 5. The van der Waals surface area contributed by atoms with E-state index in [-0.39, 0.29) is 0 Å². The molecule has 0 aromatic carbocycles. The maximum Gasteiger partial charge on any atom is 0.325 e. The van der Waals surface area contributed by atoms with E-state index in [0.29, 0.717) is 59.3 Å². The summed E-state index contributed by atoms with van der Waals surface area (Å²) in [6, 6.07) is 0. The highest BCUT2D eigenvalue weighted by Gasteiger charge is 2.29. The molecule has 0 aliphatic heterocycles. The van der Waals surface area contributed by atoms with Crippen molar-refractivity contribution < 1.29 is 28.5 Å². The third-order valence-corrected chi connectivity index (χ3v) is 2.68. The van der Waals surface area contributed by atoms with Gasteiger partial charge in [0.2, 0.25) is 0 Å². The Morgan fingerprint density at radius 3 is 1.90 bits per heavy atom. The molecule has 0 amide bonds. The van der Waals surface area contributed by atoms with Gasteiger partial charge in [-0.1, -0.05) is 0 Å². The van der Waals surface area contributed by atoms with E-state index < -0.39 is 11.5 Å². The summed E-state index contributed by atoms with van der Waals surface area (Å²) in [6.07, 6.45) is 0.409. The van der Waals surface area contributed by atoms with Crippen molar-refractivity contribution in [3.05, 3.63) is 0 Å². The van der Waals surface area contributed by atoms with Crippen molar-refractivity contribution in [2.45, 2.75) is 25.8 Å². The summed E-state index contributed by atoms with van der Waals surface area (Å²) in [5.74, 6) is -0.405. The zero-order valence-electron chi connectivity index (χ0n) is 13.4. The van der Waals surface area contributed by atoms with Gasteiger partial charge in [-0.05, 0) is 20.3 Å². The van der Waals surface area contributed by atoms with Crippen LogP contribution in [0.25, 0.3) is 0 Å². The van der Waals surface area contributed by atoms with Crippen LogP contribution < -0.4 is 5.73 Å². The molecule has 1 atom stereocenters. The molecule has 0 aromatic rings. The predicted molar refractivity (Wildman–Crippen MR) is 78.2 cm³/mol. The van der Waals surface area contributed by atoms with E-state index in [1.807, 2.05) is 0 Å². The van der Waals surface area contributed by atoms with Crippen LogP contribution in [-0.4, -0.2) is 71.5 Å². The van der Waals surface area contributed by atoms with E-state index in [1.165, 1.54) is 0 Å². The van der Waals surface area contributed by atoms with Crippen molar-refractivity contribution in [1.82, 2.24) is 0 Å². The molecule has 0 aliphatic carbocycles. The molecule has 126 valence electrons. The number of hydrogen-bond donors (Lipinski definition) is 1. The number of esters is 1. The molecule has 7 heteroatoms. The van der Waals surface area contributed by atoms with Crippen LogP contribution >= 0.6 is 0 Å². The second kappa shape index (κ2) is 13.0. The number of carbonyl (C=O) groups excluding carboxylic acids is 1. The number of rotatable bonds is 14. The van der Waals surface area contributed by atoms with Gasteiger partial charge in [0.05, 0.1) is 46.2 Å². The van der Waals surface area contributed by atoms with E-state index in [1.54, 1.807) is 21.0 Å². The molecule has 2 N–H and O–H groups in total. The lowest BCUT2D eigenvalue weighted by molar-refractivity contribution is -0.149. The lowest BCUT2D eigenvalue weighted by atomic mass is 10.0. The van der Waals surface area contributed by atoms with Crippen molar-refractivity contribution in [2.75, 3.05) is 60.0 Å². The summed E-state index contributed by atoms with van der Waals surface area (Å²) < 4.78 is 25.7. The van der Waals surface area contributed by atoms with Gasteiger partial charge < -0.3 is 29.4 Å². The SMILES string of the molecule is CCOC(=O)C(C)(N)CCOCCOCCOCCOC. The fourth-order valence-electron chi connectivity index (χ4n) is 1.37. The molecule has 7 nitrogen and oxygen atoms in total. The van der Waals surface area contributed by atoms with Crippen molar-refractivity contribution in [1.29, 1.82) is 0 Å². The molecule has 0 fully saturated rings. The minimum absolute atomic E-state index is 0.326. The first-order valence-electron chi connectivity index (χ1n) is 7.23. The first-order chi connectivity index (χ1) is 10.0.